The third kappa shape index (κ3) is 6.21. The second-order valence-corrected chi connectivity index (χ2v) is 7.82. The van der Waals surface area contributed by atoms with Crippen molar-refractivity contribution in [1.29, 1.82) is 0 Å². The van der Waals surface area contributed by atoms with Crippen molar-refractivity contribution in [3.8, 4) is 17.6 Å². The normalized spacial score (nSPS) is 18.4. The van der Waals surface area contributed by atoms with Gasteiger partial charge in [0.15, 0.2) is 0 Å². The van der Waals surface area contributed by atoms with Crippen LogP contribution in [0.25, 0.3) is 0 Å². The topological polar surface area (TPSA) is 26.3 Å². The van der Waals surface area contributed by atoms with Gasteiger partial charge in [0.2, 0.25) is 0 Å². The molecular weight excluding hydrogens is 387 g/mol. The number of benzene rings is 2. The SMILES string of the molecule is C=CCCC1CCC(C(=O)Oc2ccc(C#Cc3ccc(Cl)c(F)c3)cc2)CC1. The summed E-state index contributed by atoms with van der Waals surface area (Å²) in [4.78, 5) is 12.4. The molecular formula is C25H24ClFO2. The molecule has 0 spiro atoms. The molecule has 0 bridgehead atoms. The Hall–Kier alpha value is -2.57. The van der Waals surface area contributed by atoms with Crippen LogP contribution in [0, 0.1) is 29.5 Å². The van der Waals surface area contributed by atoms with Crippen LogP contribution in [0.3, 0.4) is 0 Å². The Bertz CT molecular complexity index is 916. The van der Waals surface area contributed by atoms with Gasteiger partial charge in [0, 0.05) is 11.1 Å². The zero-order valence-corrected chi connectivity index (χ0v) is 17.1. The Labute approximate surface area is 176 Å². The second kappa shape index (κ2) is 10.3. The van der Waals surface area contributed by atoms with Crippen LogP contribution in [0.4, 0.5) is 4.39 Å². The summed E-state index contributed by atoms with van der Waals surface area (Å²) in [5, 5.41) is 0.0759. The predicted octanol–water partition coefficient (Wildman–Crippen LogP) is 6.56. The van der Waals surface area contributed by atoms with Crippen molar-refractivity contribution >= 4 is 17.6 Å². The van der Waals surface area contributed by atoms with Gasteiger partial charge in [-0.1, -0.05) is 29.5 Å². The van der Waals surface area contributed by atoms with E-state index in [0.717, 1.165) is 44.1 Å². The molecule has 2 aromatic rings. The quantitative estimate of drug-likeness (QED) is 0.241. The van der Waals surface area contributed by atoms with Crippen LogP contribution in [0.2, 0.25) is 5.02 Å². The smallest absolute Gasteiger partial charge is 0.314 e. The standard InChI is InChI=1S/C25H24ClFO2/c1-2-3-4-18-7-12-21(13-8-18)25(28)29-22-14-9-19(10-15-22)5-6-20-11-16-23(26)24(27)17-20/h2,9-11,14-18,21H,1,3-4,7-8,12-13H2. The molecule has 150 valence electrons. The molecule has 29 heavy (non-hydrogen) atoms. The number of hydrogen-bond acceptors (Lipinski definition) is 2. The third-order valence-corrected chi connectivity index (χ3v) is 5.61. The van der Waals surface area contributed by atoms with Gasteiger partial charge in [-0.05, 0) is 86.9 Å². The van der Waals surface area contributed by atoms with Crippen molar-refractivity contribution in [3.63, 3.8) is 0 Å². The summed E-state index contributed by atoms with van der Waals surface area (Å²) in [7, 11) is 0. The lowest BCUT2D eigenvalue weighted by molar-refractivity contribution is -0.140. The van der Waals surface area contributed by atoms with E-state index in [9.17, 15) is 9.18 Å². The van der Waals surface area contributed by atoms with E-state index in [1.165, 1.54) is 12.1 Å². The van der Waals surface area contributed by atoms with E-state index in [1.807, 2.05) is 6.08 Å². The van der Waals surface area contributed by atoms with Crippen LogP contribution in [-0.4, -0.2) is 5.97 Å². The Balaban J connectivity index is 1.53. The van der Waals surface area contributed by atoms with E-state index in [0.29, 0.717) is 17.2 Å². The lowest BCUT2D eigenvalue weighted by Gasteiger charge is -2.26. The molecule has 2 aromatic carbocycles. The van der Waals surface area contributed by atoms with Gasteiger partial charge in [-0.15, -0.1) is 6.58 Å². The molecule has 4 heteroatoms. The highest BCUT2D eigenvalue weighted by atomic mass is 35.5. The van der Waals surface area contributed by atoms with Gasteiger partial charge >= 0.3 is 5.97 Å². The molecule has 2 nitrogen and oxygen atoms in total. The van der Waals surface area contributed by atoms with Crippen molar-refractivity contribution in [2.24, 2.45) is 11.8 Å². The molecule has 0 N–H and O–H groups in total. The molecule has 0 amide bonds. The van der Waals surface area contributed by atoms with Crippen molar-refractivity contribution in [2.45, 2.75) is 38.5 Å². The first-order valence-electron chi connectivity index (χ1n) is 9.95. The fraction of sp³-hybridized carbons (Fsp3) is 0.320. The first-order valence-corrected chi connectivity index (χ1v) is 10.3. The lowest BCUT2D eigenvalue weighted by Crippen LogP contribution is -2.25. The largest absolute Gasteiger partial charge is 0.426 e. The highest BCUT2D eigenvalue weighted by molar-refractivity contribution is 6.30. The van der Waals surface area contributed by atoms with Crippen LogP contribution in [0.15, 0.2) is 55.1 Å². The molecule has 0 atom stereocenters. The Morgan fingerprint density at radius 2 is 1.76 bits per heavy atom. The maximum atomic E-state index is 13.5. The summed E-state index contributed by atoms with van der Waals surface area (Å²) >= 11 is 5.67. The number of carbonyl (C=O) groups is 1. The van der Waals surface area contributed by atoms with Gasteiger partial charge in [0.05, 0.1) is 10.9 Å². The molecule has 0 aliphatic heterocycles. The van der Waals surface area contributed by atoms with Gasteiger partial charge in [0.1, 0.15) is 11.6 Å². The van der Waals surface area contributed by atoms with Crippen LogP contribution in [0.1, 0.15) is 49.7 Å². The average Bonchev–Trinajstić information content (AvgIpc) is 2.74. The van der Waals surface area contributed by atoms with E-state index in [1.54, 1.807) is 30.3 Å². The van der Waals surface area contributed by atoms with Crippen LogP contribution >= 0.6 is 11.6 Å². The molecule has 1 saturated carbocycles. The highest BCUT2D eigenvalue weighted by Gasteiger charge is 2.27. The minimum Gasteiger partial charge on any atom is -0.426 e. The maximum absolute atomic E-state index is 13.5. The van der Waals surface area contributed by atoms with Gasteiger partial charge < -0.3 is 4.74 Å². The minimum absolute atomic E-state index is 0.0192. The second-order valence-electron chi connectivity index (χ2n) is 7.41. The molecule has 1 aliphatic rings. The number of halogens is 2. The number of esters is 1. The zero-order chi connectivity index (χ0) is 20.6. The van der Waals surface area contributed by atoms with Crippen molar-refractivity contribution < 1.29 is 13.9 Å². The summed E-state index contributed by atoms with van der Waals surface area (Å²) < 4.78 is 19.0. The van der Waals surface area contributed by atoms with E-state index >= 15 is 0 Å². The summed E-state index contributed by atoms with van der Waals surface area (Å²) in [6, 6.07) is 11.5. The van der Waals surface area contributed by atoms with Gasteiger partial charge in [-0.25, -0.2) is 4.39 Å². The van der Waals surface area contributed by atoms with E-state index < -0.39 is 5.82 Å². The summed E-state index contributed by atoms with van der Waals surface area (Å²) in [6.07, 6.45) is 8.10. The summed E-state index contributed by atoms with van der Waals surface area (Å²) in [5.41, 5.74) is 1.30. The Morgan fingerprint density at radius 3 is 2.41 bits per heavy atom. The fourth-order valence-electron chi connectivity index (χ4n) is 3.56. The lowest BCUT2D eigenvalue weighted by atomic mass is 9.80. The number of carbonyl (C=O) groups excluding carboxylic acids is 1. The van der Waals surface area contributed by atoms with Crippen molar-refractivity contribution in [1.82, 2.24) is 0 Å². The maximum Gasteiger partial charge on any atom is 0.314 e. The fourth-order valence-corrected chi connectivity index (χ4v) is 3.68. The first kappa shape index (κ1) is 21.1. The van der Waals surface area contributed by atoms with Gasteiger partial charge in [-0.3, -0.25) is 4.79 Å². The van der Waals surface area contributed by atoms with Crippen LogP contribution in [-0.2, 0) is 4.79 Å². The predicted molar refractivity (Wildman–Crippen MR) is 114 cm³/mol. The Morgan fingerprint density at radius 1 is 1.10 bits per heavy atom. The first-order chi connectivity index (χ1) is 14.0. The molecule has 0 unspecified atom stereocenters. The summed E-state index contributed by atoms with van der Waals surface area (Å²) in [5.74, 6) is 6.42. The van der Waals surface area contributed by atoms with Crippen LogP contribution < -0.4 is 4.74 Å². The summed E-state index contributed by atoms with van der Waals surface area (Å²) in [6.45, 7) is 3.77. The Kier molecular flexibility index (Phi) is 7.49. The third-order valence-electron chi connectivity index (χ3n) is 5.30. The molecule has 0 radical (unpaired) electrons. The minimum atomic E-state index is -0.490. The molecule has 0 heterocycles. The zero-order valence-electron chi connectivity index (χ0n) is 16.3. The van der Waals surface area contributed by atoms with E-state index in [4.69, 9.17) is 16.3 Å². The average molecular weight is 411 g/mol. The number of hydrogen-bond donors (Lipinski definition) is 0. The monoisotopic (exact) mass is 410 g/mol. The van der Waals surface area contributed by atoms with E-state index in [2.05, 4.69) is 18.4 Å². The highest BCUT2D eigenvalue weighted by Crippen LogP contribution is 2.32. The number of allylic oxidation sites excluding steroid dienone is 1. The van der Waals surface area contributed by atoms with Gasteiger partial charge in [0.25, 0.3) is 0 Å². The molecule has 1 fully saturated rings. The molecule has 3 rings (SSSR count). The molecule has 0 aromatic heterocycles. The molecule has 0 saturated heterocycles. The number of rotatable bonds is 5. The van der Waals surface area contributed by atoms with Gasteiger partial charge in [-0.2, -0.15) is 0 Å². The van der Waals surface area contributed by atoms with Crippen molar-refractivity contribution in [3.05, 3.63) is 77.1 Å². The number of ether oxygens (including phenoxy) is 1. The molecule has 1 aliphatic carbocycles. The van der Waals surface area contributed by atoms with Crippen molar-refractivity contribution in [2.75, 3.05) is 0 Å². The van der Waals surface area contributed by atoms with Crippen LogP contribution in [0.5, 0.6) is 5.75 Å². The van der Waals surface area contributed by atoms with E-state index in [-0.39, 0.29) is 16.9 Å².